The molecule has 0 spiro atoms. The predicted molar refractivity (Wildman–Crippen MR) is 103 cm³/mol. The summed E-state index contributed by atoms with van der Waals surface area (Å²) in [7, 11) is 1.51. The summed E-state index contributed by atoms with van der Waals surface area (Å²) in [6.07, 6.45) is 1.23. The molecule has 1 aliphatic heterocycles. The summed E-state index contributed by atoms with van der Waals surface area (Å²) in [5.41, 5.74) is -0.541. The quantitative estimate of drug-likeness (QED) is 0.579. The van der Waals surface area contributed by atoms with Crippen molar-refractivity contribution in [2.45, 2.75) is 12.0 Å². The maximum absolute atomic E-state index is 12.9. The van der Waals surface area contributed by atoms with Gasteiger partial charge in [0, 0.05) is 22.1 Å². The molecule has 2 aromatic rings. The molecular formula is C20H18BrNO4. The Labute approximate surface area is 160 Å². The molecule has 1 amide bonds. The number of methoxy groups -OCH3 is 1. The summed E-state index contributed by atoms with van der Waals surface area (Å²) in [4.78, 5) is 27.1. The molecule has 1 atom stereocenters. The van der Waals surface area contributed by atoms with Crippen molar-refractivity contribution >= 4 is 33.3 Å². The van der Waals surface area contributed by atoms with Crippen molar-refractivity contribution in [3.05, 3.63) is 70.7 Å². The zero-order valence-corrected chi connectivity index (χ0v) is 15.8. The molecule has 2 aromatic carbocycles. The number of ether oxygens (including phenoxy) is 1. The van der Waals surface area contributed by atoms with Crippen LogP contribution in [0.4, 0.5) is 5.69 Å². The van der Waals surface area contributed by atoms with Gasteiger partial charge >= 0.3 is 0 Å². The topological polar surface area (TPSA) is 66.8 Å². The van der Waals surface area contributed by atoms with Gasteiger partial charge in [-0.05, 0) is 30.3 Å². The van der Waals surface area contributed by atoms with E-state index in [0.29, 0.717) is 22.6 Å². The minimum absolute atomic E-state index is 0.253. The highest BCUT2D eigenvalue weighted by molar-refractivity contribution is 9.10. The molecule has 0 aromatic heterocycles. The Morgan fingerprint density at radius 3 is 2.81 bits per heavy atom. The van der Waals surface area contributed by atoms with Crippen LogP contribution in [0.2, 0.25) is 0 Å². The fraction of sp³-hybridized carbons (Fsp3) is 0.200. The van der Waals surface area contributed by atoms with Gasteiger partial charge in [-0.25, -0.2) is 0 Å². The van der Waals surface area contributed by atoms with Crippen LogP contribution in [0.5, 0.6) is 5.75 Å². The third kappa shape index (κ3) is 3.06. The average molecular weight is 416 g/mol. The predicted octanol–water partition coefficient (Wildman–Crippen LogP) is 3.45. The molecule has 5 nitrogen and oxygen atoms in total. The Morgan fingerprint density at radius 2 is 2.12 bits per heavy atom. The monoisotopic (exact) mass is 415 g/mol. The molecule has 134 valence electrons. The summed E-state index contributed by atoms with van der Waals surface area (Å²) < 4.78 is 5.85. The molecule has 26 heavy (non-hydrogen) atoms. The smallest absolute Gasteiger partial charge is 0.264 e. The highest BCUT2D eigenvalue weighted by Gasteiger charge is 2.50. The number of carbonyl (C=O) groups excluding carboxylic acids is 2. The molecule has 0 fully saturated rings. The zero-order valence-electron chi connectivity index (χ0n) is 14.2. The lowest BCUT2D eigenvalue weighted by molar-refractivity contribution is -0.135. The number of anilines is 1. The van der Waals surface area contributed by atoms with E-state index < -0.39 is 11.5 Å². The Morgan fingerprint density at radius 1 is 1.35 bits per heavy atom. The van der Waals surface area contributed by atoms with Crippen molar-refractivity contribution in [1.29, 1.82) is 0 Å². The summed E-state index contributed by atoms with van der Waals surface area (Å²) in [5, 5.41) is 11.2. The summed E-state index contributed by atoms with van der Waals surface area (Å²) in [6, 6.07) is 11.9. The molecule has 3 rings (SSSR count). The van der Waals surface area contributed by atoms with Crippen LogP contribution in [-0.2, 0) is 10.4 Å². The largest absolute Gasteiger partial charge is 0.497 e. The number of amides is 1. The number of rotatable bonds is 6. The normalized spacial score (nSPS) is 18.6. The van der Waals surface area contributed by atoms with Crippen molar-refractivity contribution in [3.63, 3.8) is 0 Å². The third-order valence-corrected chi connectivity index (χ3v) is 4.91. The highest BCUT2D eigenvalue weighted by atomic mass is 79.9. The summed E-state index contributed by atoms with van der Waals surface area (Å²) in [5.74, 6) is -0.329. The third-order valence-electron chi connectivity index (χ3n) is 4.41. The second-order valence-electron chi connectivity index (χ2n) is 6.06. The van der Waals surface area contributed by atoms with Gasteiger partial charge in [0.25, 0.3) is 5.91 Å². The van der Waals surface area contributed by atoms with Crippen LogP contribution in [0.25, 0.3) is 0 Å². The van der Waals surface area contributed by atoms with Gasteiger partial charge in [-0.2, -0.15) is 0 Å². The first kappa shape index (κ1) is 18.4. The molecule has 1 N–H and O–H groups in total. The van der Waals surface area contributed by atoms with Gasteiger partial charge in [0.1, 0.15) is 5.75 Å². The Bertz CT molecular complexity index is 895. The number of nitrogens with zero attached hydrogens (tertiary/aromatic N) is 1. The highest BCUT2D eigenvalue weighted by Crippen LogP contribution is 2.44. The van der Waals surface area contributed by atoms with Gasteiger partial charge < -0.3 is 14.7 Å². The van der Waals surface area contributed by atoms with E-state index in [1.165, 1.54) is 12.0 Å². The molecule has 1 heterocycles. The van der Waals surface area contributed by atoms with Gasteiger partial charge in [0.05, 0.1) is 19.2 Å². The van der Waals surface area contributed by atoms with Crippen LogP contribution >= 0.6 is 15.9 Å². The zero-order chi connectivity index (χ0) is 18.9. The molecule has 0 bridgehead atoms. The molecule has 0 unspecified atom stereocenters. The number of ketones is 1. The first-order chi connectivity index (χ1) is 12.4. The lowest BCUT2D eigenvalue weighted by Crippen LogP contribution is -2.41. The van der Waals surface area contributed by atoms with E-state index in [-0.39, 0.29) is 18.7 Å². The van der Waals surface area contributed by atoms with E-state index >= 15 is 0 Å². The molecule has 1 aliphatic rings. The van der Waals surface area contributed by atoms with E-state index in [2.05, 4.69) is 22.5 Å². The molecule has 0 saturated heterocycles. The second kappa shape index (κ2) is 7.05. The molecule has 6 heteroatoms. The molecule has 0 saturated carbocycles. The van der Waals surface area contributed by atoms with Crippen LogP contribution < -0.4 is 9.64 Å². The van der Waals surface area contributed by atoms with Gasteiger partial charge in [0.2, 0.25) is 0 Å². The van der Waals surface area contributed by atoms with Crippen LogP contribution in [0.3, 0.4) is 0 Å². The van der Waals surface area contributed by atoms with Crippen LogP contribution in [0.1, 0.15) is 22.3 Å². The number of hydrogen-bond donors (Lipinski definition) is 1. The Kier molecular flexibility index (Phi) is 4.98. The Balaban J connectivity index is 2.00. The van der Waals surface area contributed by atoms with E-state index in [9.17, 15) is 14.7 Å². The maximum atomic E-state index is 12.9. The Hall–Kier alpha value is -2.44. The van der Waals surface area contributed by atoms with Crippen LogP contribution in [0.15, 0.2) is 59.6 Å². The van der Waals surface area contributed by atoms with Gasteiger partial charge in [-0.15, -0.1) is 6.58 Å². The van der Waals surface area contributed by atoms with Crippen LogP contribution in [0, 0.1) is 0 Å². The number of carbonyl (C=O) groups is 2. The lowest BCUT2D eigenvalue weighted by atomic mass is 9.88. The van der Waals surface area contributed by atoms with E-state index in [0.717, 1.165) is 4.47 Å². The van der Waals surface area contributed by atoms with Crippen molar-refractivity contribution in [2.24, 2.45) is 0 Å². The SMILES string of the molecule is C=CCN1C(=O)[C@@](O)(CC(=O)c2cccc(OC)c2)c2cc(Br)ccc21. The number of benzene rings is 2. The van der Waals surface area contributed by atoms with Crippen molar-refractivity contribution in [1.82, 2.24) is 0 Å². The van der Waals surface area contributed by atoms with E-state index in [1.807, 2.05) is 0 Å². The average Bonchev–Trinajstić information content (AvgIpc) is 2.84. The number of Topliss-reactive ketones (excluding diaryl/α,β-unsaturated/α-hetero) is 1. The van der Waals surface area contributed by atoms with Crippen molar-refractivity contribution < 1.29 is 19.4 Å². The van der Waals surface area contributed by atoms with Gasteiger partial charge in [-0.1, -0.05) is 34.1 Å². The van der Waals surface area contributed by atoms with E-state index in [4.69, 9.17) is 4.74 Å². The summed E-state index contributed by atoms with van der Waals surface area (Å²) in [6.45, 7) is 3.91. The molecular weight excluding hydrogens is 398 g/mol. The number of hydrogen-bond acceptors (Lipinski definition) is 4. The number of aliphatic hydroxyl groups is 1. The van der Waals surface area contributed by atoms with Crippen LogP contribution in [-0.4, -0.2) is 30.5 Å². The first-order valence-corrected chi connectivity index (χ1v) is 8.82. The fourth-order valence-corrected chi connectivity index (χ4v) is 3.50. The van der Waals surface area contributed by atoms with Gasteiger partial charge in [-0.3, -0.25) is 9.59 Å². The first-order valence-electron chi connectivity index (χ1n) is 8.03. The van der Waals surface area contributed by atoms with E-state index in [1.54, 1.807) is 48.5 Å². The minimum atomic E-state index is -1.91. The standard InChI is InChI=1S/C20H18BrNO4/c1-3-9-22-17-8-7-14(21)11-16(17)20(25,19(22)24)12-18(23)13-5-4-6-15(10-13)26-2/h3-8,10-11,25H,1,9,12H2,2H3/t20-/m1/s1. The fourth-order valence-electron chi connectivity index (χ4n) is 3.13. The van der Waals surface area contributed by atoms with Gasteiger partial charge in [0.15, 0.2) is 11.4 Å². The number of fused-ring (bicyclic) bond motifs is 1. The molecule has 0 radical (unpaired) electrons. The molecule has 0 aliphatic carbocycles. The summed E-state index contributed by atoms with van der Waals surface area (Å²) >= 11 is 3.36. The minimum Gasteiger partial charge on any atom is -0.497 e. The number of halogens is 1. The second-order valence-corrected chi connectivity index (χ2v) is 6.97. The lowest BCUT2D eigenvalue weighted by Gasteiger charge is -2.22. The maximum Gasteiger partial charge on any atom is 0.264 e. The van der Waals surface area contributed by atoms with Crippen molar-refractivity contribution in [2.75, 3.05) is 18.6 Å². The van der Waals surface area contributed by atoms with Crippen molar-refractivity contribution in [3.8, 4) is 5.75 Å².